The van der Waals surface area contributed by atoms with Gasteiger partial charge in [0.25, 0.3) is 0 Å². The number of azo groups is 1. The average molecular weight is 359 g/mol. The smallest absolute Gasteiger partial charge is 0.221 e. The lowest BCUT2D eigenvalue weighted by Gasteiger charge is -2.02. The number of fused-ring (bicyclic) bond motifs is 1. The van der Waals surface area contributed by atoms with Gasteiger partial charge in [0.1, 0.15) is 5.65 Å². The van der Waals surface area contributed by atoms with Gasteiger partial charge in [-0.25, -0.2) is 4.98 Å². The molecular formula is C20H17N5O2. The normalized spacial score (nSPS) is 11.3. The molecule has 0 aliphatic heterocycles. The van der Waals surface area contributed by atoms with Crippen molar-refractivity contribution in [3.63, 3.8) is 0 Å². The number of nitrogens with zero attached hydrogens (tertiary/aromatic N) is 4. The summed E-state index contributed by atoms with van der Waals surface area (Å²) in [6, 6.07) is 14.8. The third kappa shape index (κ3) is 3.48. The van der Waals surface area contributed by atoms with Crippen LogP contribution in [0.5, 0.6) is 0 Å². The number of aromatic nitrogens is 2. The zero-order chi connectivity index (χ0) is 18.8. The molecule has 0 unspecified atom stereocenters. The van der Waals surface area contributed by atoms with Crippen molar-refractivity contribution in [1.82, 2.24) is 9.38 Å². The molecule has 1 N–H and O–H groups in total. The Morgan fingerprint density at radius 2 is 2.04 bits per heavy atom. The van der Waals surface area contributed by atoms with Crippen LogP contribution in [0.3, 0.4) is 0 Å². The molecule has 0 aliphatic carbocycles. The van der Waals surface area contributed by atoms with Crippen LogP contribution in [-0.2, 0) is 4.79 Å². The molecule has 1 aromatic carbocycles. The lowest BCUT2D eigenvalue weighted by molar-refractivity contribution is -0.114. The number of benzene rings is 1. The minimum Gasteiger partial charge on any atom is -0.463 e. The molecule has 3 heterocycles. The Labute approximate surface area is 155 Å². The Kier molecular flexibility index (Phi) is 4.25. The van der Waals surface area contributed by atoms with E-state index in [0.717, 1.165) is 11.2 Å². The number of anilines is 1. The van der Waals surface area contributed by atoms with E-state index in [1.807, 2.05) is 53.9 Å². The summed E-state index contributed by atoms with van der Waals surface area (Å²) in [5.41, 5.74) is 3.77. The number of rotatable bonds is 4. The predicted molar refractivity (Wildman–Crippen MR) is 103 cm³/mol. The van der Waals surface area contributed by atoms with Gasteiger partial charge in [0.15, 0.2) is 17.3 Å². The Bertz CT molecular complexity index is 1140. The quantitative estimate of drug-likeness (QED) is 0.503. The molecule has 0 bridgehead atoms. The Hall–Kier alpha value is -3.74. The Morgan fingerprint density at radius 1 is 1.15 bits per heavy atom. The van der Waals surface area contributed by atoms with Crippen LogP contribution in [0.2, 0.25) is 0 Å². The van der Waals surface area contributed by atoms with Crippen molar-refractivity contribution in [3.05, 3.63) is 66.6 Å². The molecule has 4 rings (SSSR count). The van der Waals surface area contributed by atoms with Crippen molar-refractivity contribution in [2.24, 2.45) is 10.2 Å². The third-order valence-corrected chi connectivity index (χ3v) is 3.94. The highest BCUT2D eigenvalue weighted by atomic mass is 16.3. The highest BCUT2D eigenvalue weighted by Gasteiger charge is 2.16. The number of amides is 1. The van der Waals surface area contributed by atoms with Gasteiger partial charge < -0.3 is 9.73 Å². The first-order valence-corrected chi connectivity index (χ1v) is 8.42. The van der Waals surface area contributed by atoms with Crippen molar-refractivity contribution in [2.75, 3.05) is 5.32 Å². The maximum Gasteiger partial charge on any atom is 0.221 e. The van der Waals surface area contributed by atoms with E-state index in [1.165, 1.54) is 6.92 Å². The molecule has 7 heteroatoms. The molecule has 0 atom stereocenters. The molecule has 0 spiro atoms. The fraction of sp³-hybridized carbons (Fsp3) is 0.100. The molecule has 0 radical (unpaired) electrons. The van der Waals surface area contributed by atoms with Gasteiger partial charge in [-0.1, -0.05) is 6.07 Å². The summed E-state index contributed by atoms with van der Waals surface area (Å²) in [7, 11) is 0. The van der Waals surface area contributed by atoms with Crippen LogP contribution in [0, 0.1) is 6.92 Å². The van der Waals surface area contributed by atoms with Gasteiger partial charge in [0, 0.05) is 18.8 Å². The fourth-order valence-corrected chi connectivity index (χ4v) is 2.76. The fourth-order valence-electron chi connectivity index (χ4n) is 2.76. The van der Waals surface area contributed by atoms with Crippen molar-refractivity contribution < 1.29 is 9.21 Å². The zero-order valence-electron chi connectivity index (χ0n) is 14.9. The molecule has 1 amide bonds. The van der Waals surface area contributed by atoms with E-state index >= 15 is 0 Å². The van der Waals surface area contributed by atoms with E-state index in [0.29, 0.717) is 28.6 Å². The molecule has 7 nitrogen and oxygen atoms in total. The monoisotopic (exact) mass is 359 g/mol. The molecular weight excluding hydrogens is 342 g/mol. The molecule has 0 saturated heterocycles. The molecule has 0 aliphatic rings. The largest absolute Gasteiger partial charge is 0.463 e. The number of aryl methyl sites for hydroxylation is 1. The molecule has 4 aromatic rings. The Morgan fingerprint density at radius 3 is 2.81 bits per heavy atom. The van der Waals surface area contributed by atoms with Crippen molar-refractivity contribution >= 4 is 28.7 Å². The second kappa shape index (κ2) is 6.87. The maximum atomic E-state index is 11.2. The minimum atomic E-state index is -0.138. The summed E-state index contributed by atoms with van der Waals surface area (Å²) in [5.74, 6) is 1.06. The van der Waals surface area contributed by atoms with Crippen LogP contribution in [-0.4, -0.2) is 15.3 Å². The zero-order valence-corrected chi connectivity index (χ0v) is 14.9. The molecule has 3 aromatic heterocycles. The number of carbonyl (C=O) groups is 1. The number of pyridine rings is 1. The van der Waals surface area contributed by atoms with E-state index < -0.39 is 0 Å². The van der Waals surface area contributed by atoms with Crippen molar-refractivity contribution in [2.45, 2.75) is 13.8 Å². The third-order valence-electron chi connectivity index (χ3n) is 3.94. The van der Waals surface area contributed by atoms with Crippen molar-refractivity contribution in [1.29, 1.82) is 0 Å². The van der Waals surface area contributed by atoms with E-state index in [1.54, 1.807) is 18.4 Å². The van der Waals surface area contributed by atoms with E-state index in [-0.39, 0.29) is 5.91 Å². The molecule has 0 saturated carbocycles. The van der Waals surface area contributed by atoms with Crippen LogP contribution in [0.15, 0.2) is 75.6 Å². The lowest BCUT2D eigenvalue weighted by Crippen LogP contribution is -2.04. The number of furan rings is 1. The highest BCUT2D eigenvalue weighted by molar-refractivity contribution is 5.89. The van der Waals surface area contributed by atoms with Gasteiger partial charge in [-0.2, -0.15) is 0 Å². The van der Waals surface area contributed by atoms with Crippen LogP contribution < -0.4 is 5.32 Å². The van der Waals surface area contributed by atoms with E-state index in [2.05, 4.69) is 20.5 Å². The summed E-state index contributed by atoms with van der Waals surface area (Å²) in [5, 5.41) is 11.5. The summed E-state index contributed by atoms with van der Waals surface area (Å²) in [6.45, 7) is 3.47. The van der Waals surface area contributed by atoms with Gasteiger partial charge in [-0.3, -0.25) is 9.20 Å². The van der Waals surface area contributed by atoms with Gasteiger partial charge in [0.05, 0.1) is 12.0 Å². The lowest BCUT2D eigenvalue weighted by atomic mass is 10.3. The summed E-state index contributed by atoms with van der Waals surface area (Å²) >= 11 is 0. The molecule has 27 heavy (non-hydrogen) atoms. The summed E-state index contributed by atoms with van der Waals surface area (Å²) < 4.78 is 7.38. The average Bonchev–Trinajstić information content (AvgIpc) is 3.27. The van der Waals surface area contributed by atoms with Gasteiger partial charge in [0.2, 0.25) is 5.91 Å². The summed E-state index contributed by atoms with van der Waals surface area (Å²) in [6.07, 6.45) is 3.51. The number of hydrogen-bond acceptors (Lipinski definition) is 5. The molecule has 134 valence electrons. The highest BCUT2D eigenvalue weighted by Crippen LogP contribution is 2.33. The standard InChI is InChI=1S/C20H17N5O2/c1-13-8-9-25-18(11-13)22-19(17-7-4-10-27-17)20(25)24-23-16-6-3-5-15(12-16)21-14(2)26/h3-12H,1-2H3,(H,21,26). The number of hydrogen-bond donors (Lipinski definition) is 1. The van der Waals surface area contributed by atoms with Crippen LogP contribution in [0.1, 0.15) is 12.5 Å². The summed E-state index contributed by atoms with van der Waals surface area (Å²) in [4.78, 5) is 15.9. The van der Waals surface area contributed by atoms with E-state index in [4.69, 9.17) is 4.42 Å². The van der Waals surface area contributed by atoms with E-state index in [9.17, 15) is 4.79 Å². The van der Waals surface area contributed by atoms with Crippen molar-refractivity contribution in [3.8, 4) is 11.5 Å². The first-order valence-electron chi connectivity index (χ1n) is 8.42. The second-order valence-corrected chi connectivity index (χ2v) is 6.13. The number of carbonyl (C=O) groups excluding carboxylic acids is 1. The van der Waals surface area contributed by atoms with Gasteiger partial charge in [-0.15, -0.1) is 10.2 Å². The first-order chi connectivity index (χ1) is 13.1. The maximum absolute atomic E-state index is 11.2. The van der Waals surface area contributed by atoms with Crippen LogP contribution in [0.4, 0.5) is 17.2 Å². The van der Waals surface area contributed by atoms with Gasteiger partial charge >= 0.3 is 0 Å². The SMILES string of the molecule is CC(=O)Nc1cccc(N=Nc2c(-c3ccco3)nc3cc(C)ccn23)c1. The van der Waals surface area contributed by atoms with Crippen LogP contribution >= 0.6 is 0 Å². The Balaban J connectivity index is 1.78. The topological polar surface area (TPSA) is 84.3 Å². The van der Waals surface area contributed by atoms with Gasteiger partial charge in [-0.05, 0) is 55.0 Å². The number of imidazole rings is 1. The van der Waals surface area contributed by atoms with Crippen LogP contribution in [0.25, 0.3) is 17.1 Å². The first kappa shape index (κ1) is 16.7. The minimum absolute atomic E-state index is 0.138. The molecule has 0 fully saturated rings. The predicted octanol–water partition coefficient (Wildman–Crippen LogP) is 5.28. The second-order valence-electron chi connectivity index (χ2n) is 6.13. The number of nitrogens with one attached hydrogen (secondary N) is 1.